The maximum atomic E-state index is 4.53. The van der Waals surface area contributed by atoms with E-state index in [1.807, 2.05) is 0 Å². The molecule has 0 N–H and O–H groups in total. The van der Waals surface area contributed by atoms with Crippen LogP contribution in [-0.2, 0) is 4.65 Å². The fourth-order valence-corrected chi connectivity index (χ4v) is 0.134. The van der Waals surface area contributed by atoms with Gasteiger partial charge in [-0.15, -0.1) is 0 Å². The molecule has 26 valence electrons. The van der Waals surface area contributed by atoms with Gasteiger partial charge in [0.15, 0.2) is 0 Å². The van der Waals surface area contributed by atoms with Crippen molar-refractivity contribution in [2.45, 2.75) is 0 Å². The molecule has 0 aromatic carbocycles. The molecule has 0 spiro atoms. The summed E-state index contributed by atoms with van der Waals surface area (Å²) in [5.74, 6) is 0. The zero-order chi connectivity index (χ0) is 4.83. The second-order valence-electron chi connectivity index (χ2n) is 0.800. The molecule has 0 radical (unpaired) electrons. The van der Waals surface area contributed by atoms with Gasteiger partial charge < -0.3 is 0 Å². The summed E-state index contributed by atoms with van der Waals surface area (Å²) < 4.78 is 4.53. The van der Waals surface area contributed by atoms with Crippen molar-refractivity contribution in [2.75, 3.05) is 7.11 Å². The van der Waals surface area contributed by atoms with Gasteiger partial charge in [-0.2, -0.15) is 0 Å². The molecule has 0 saturated carbocycles. The molecule has 0 bridgehead atoms. The summed E-state index contributed by atoms with van der Waals surface area (Å²) in [6.45, 7) is 3.38. The monoisotopic (exact) mass is 76.1 g/mol. The summed E-state index contributed by atoms with van der Waals surface area (Å²) >= 11 is 0. The molecule has 0 heterocycles. The normalized spacial score (nSPS) is 5.33. The molecule has 0 saturated heterocycles. The second-order valence-corrected chi connectivity index (χ2v) is 0.800. The van der Waals surface area contributed by atoms with E-state index in [0.717, 1.165) is 0 Å². The summed E-state index contributed by atoms with van der Waals surface area (Å²) in [6.07, 6.45) is 0. The minimum atomic E-state index is 1.56. The van der Waals surface area contributed by atoms with Crippen molar-refractivity contribution < 1.29 is 4.65 Å². The Hall–Kier alpha value is 0.0597. The van der Waals surface area contributed by atoms with E-state index in [4.69, 9.17) is 0 Å². The van der Waals surface area contributed by atoms with E-state index >= 15 is 0 Å². The van der Waals surface area contributed by atoms with Crippen LogP contribution in [-0.4, -0.2) is 34.9 Å². The van der Waals surface area contributed by atoms with Crippen LogP contribution in [0.25, 0.3) is 0 Å². The van der Waals surface area contributed by atoms with Crippen LogP contribution in [0.4, 0.5) is 0 Å². The van der Waals surface area contributed by atoms with Gasteiger partial charge in [0.25, 0.3) is 0 Å². The maximum absolute atomic E-state index is 4.53. The van der Waals surface area contributed by atoms with Gasteiger partial charge in [0.1, 0.15) is 0 Å². The van der Waals surface area contributed by atoms with Gasteiger partial charge in [0.2, 0.25) is 0 Å². The Morgan fingerprint density at radius 3 is 2.50 bits per heavy atom. The molecule has 0 aromatic rings. The third-order valence-electron chi connectivity index (χ3n) is 0.351. The summed E-state index contributed by atoms with van der Waals surface area (Å²) in [7, 11) is 6.59. The van der Waals surface area contributed by atoms with Gasteiger partial charge in [0.05, 0.1) is 0 Å². The van der Waals surface area contributed by atoms with Crippen molar-refractivity contribution >= 4 is 27.8 Å². The first-order valence-corrected chi connectivity index (χ1v) is 1.72. The standard InChI is InChI=1S/CH4B4O/c1-6-5-4-3-2/h2H,1H3. The Bertz CT molecular complexity index is 58.6. The molecule has 0 aromatic heterocycles. The Labute approximate surface area is 40.5 Å². The van der Waals surface area contributed by atoms with E-state index in [9.17, 15) is 0 Å². The molecule has 1 nitrogen and oxygen atoms in total. The van der Waals surface area contributed by atoms with Crippen LogP contribution < -0.4 is 0 Å². The summed E-state index contributed by atoms with van der Waals surface area (Å²) in [6, 6.07) is 0. The van der Waals surface area contributed by atoms with Gasteiger partial charge in [-0.25, -0.2) is 0 Å². The first-order chi connectivity index (χ1) is 2.91. The van der Waals surface area contributed by atoms with E-state index < -0.39 is 0 Å². The topological polar surface area (TPSA) is 9.23 Å². The summed E-state index contributed by atoms with van der Waals surface area (Å²) in [5.41, 5.74) is 0. The Morgan fingerprint density at radius 2 is 2.33 bits per heavy atom. The third kappa shape index (κ3) is 4.06. The van der Waals surface area contributed by atoms with E-state index in [1.54, 1.807) is 27.5 Å². The van der Waals surface area contributed by atoms with E-state index in [1.165, 1.54) is 0 Å². The predicted octanol–water partition coefficient (Wildman–Crippen LogP) is -1.69. The minimum absolute atomic E-state index is 1.56. The number of hydrogen-bond acceptors (Lipinski definition) is 1. The Balaban J connectivity index is 2.94. The third-order valence-corrected chi connectivity index (χ3v) is 0.351. The van der Waals surface area contributed by atoms with Crippen LogP contribution in [0.15, 0.2) is 0 Å². The number of rotatable bonds is 2. The average molecular weight is 75.3 g/mol. The van der Waals surface area contributed by atoms with Crippen molar-refractivity contribution in [3.8, 4) is 0 Å². The molecule has 0 amide bonds. The molecule has 0 aliphatic rings. The molecule has 0 aliphatic heterocycles. The number of hydrogen-bond donors (Lipinski definition) is 0. The fraction of sp³-hybridized carbons (Fsp3) is 1.00. The molecule has 5 heteroatoms. The zero-order valence-corrected chi connectivity index (χ0v) is 3.85. The molecular weight excluding hydrogens is 71.3 g/mol. The van der Waals surface area contributed by atoms with Crippen molar-refractivity contribution in [1.29, 1.82) is 0 Å². The van der Waals surface area contributed by atoms with Gasteiger partial charge in [-0.3, -0.25) is 0 Å². The molecule has 0 rings (SSSR count). The van der Waals surface area contributed by atoms with Crippen LogP contribution >= 0.6 is 0 Å². The first-order valence-electron chi connectivity index (χ1n) is 1.72. The average Bonchev–Trinajstić information content (AvgIpc) is 1.61. The first kappa shape index (κ1) is 6.06. The second kappa shape index (κ2) is 5.06. The van der Waals surface area contributed by atoms with Crippen molar-refractivity contribution in [2.24, 2.45) is 0 Å². The molecular formula is CH4B4O. The van der Waals surface area contributed by atoms with E-state index in [0.29, 0.717) is 0 Å². The van der Waals surface area contributed by atoms with Gasteiger partial charge >= 0.3 is 39.5 Å². The van der Waals surface area contributed by atoms with Crippen LogP contribution in [0.2, 0.25) is 0 Å². The van der Waals surface area contributed by atoms with E-state index in [-0.39, 0.29) is 0 Å². The van der Waals surface area contributed by atoms with Crippen LogP contribution in [0, 0.1) is 0 Å². The quantitative estimate of drug-likeness (QED) is 0.356. The van der Waals surface area contributed by atoms with Crippen molar-refractivity contribution in [3.63, 3.8) is 0 Å². The van der Waals surface area contributed by atoms with Gasteiger partial charge in [-0.1, -0.05) is 0 Å². The van der Waals surface area contributed by atoms with E-state index in [2.05, 4.69) is 12.0 Å². The SMILES string of the molecule is B=BB=BOC. The van der Waals surface area contributed by atoms with Crippen LogP contribution in [0.5, 0.6) is 0 Å². The van der Waals surface area contributed by atoms with Crippen molar-refractivity contribution in [1.82, 2.24) is 0 Å². The predicted molar refractivity (Wildman–Crippen MR) is 31.4 cm³/mol. The molecule has 0 atom stereocenters. The molecule has 0 fully saturated rings. The summed E-state index contributed by atoms with van der Waals surface area (Å²) in [4.78, 5) is 0. The van der Waals surface area contributed by atoms with Crippen LogP contribution in [0.3, 0.4) is 0 Å². The molecule has 0 unspecified atom stereocenters. The fourth-order valence-electron chi connectivity index (χ4n) is 0.134. The Morgan fingerprint density at radius 1 is 1.67 bits per heavy atom. The summed E-state index contributed by atoms with van der Waals surface area (Å²) in [5, 5.41) is 0. The molecule has 6 heavy (non-hydrogen) atoms. The van der Waals surface area contributed by atoms with Crippen LogP contribution in [0.1, 0.15) is 0 Å². The van der Waals surface area contributed by atoms with Crippen molar-refractivity contribution in [3.05, 3.63) is 0 Å². The zero-order valence-electron chi connectivity index (χ0n) is 3.85. The molecule has 0 aliphatic carbocycles. The van der Waals surface area contributed by atoms with Gasteiger partial charge in [0, 0.05) is 0 Å². The van der Waals surface area contributed by atoms with Gasteiger partial charge in [-0.05, 0) is 0 Å². The Kier molecular flexibility index (Phi) is 5.11.